The van der Waals surface area contributed by atoms with Crippen LogP contribution in [0.2, 0.25) is 0 Å². The number of Topliss-reactive ketones (excluding diaryl/α,β-unsaturated/α-hetero) is 1. The Balaban J connectivity index is -0.0000000173. The van der Waals surface area contributed by atoms with Crippen LogP contribution in [-0.4, -0.2) is 40.8 Å². The van der Waals surface area contributed by atoms with Crippen molar-refractivity contribution in [1.29, 1.82) is 0 Å². The molecule has 530 valence electrons. The molecule has 0 radical (unpaired) electrons. The van der Waals surface area contributed by atoms with Gasteiger partial charge in [0.1, 0.15) is 11.6 Å². The number of rotatable bonds is 10. The molecule has 4 heterocycles. The number of halogens is 2. The van der Waals surface area contributed by atoms with Crippen molar-refractivity contribution in [3.8, 4) is 45.3 Å². The number of benzene rings is 2. The summed E-state index contributed by atoms with van der Waals surface area (Å²) in [6, 6.07) is 21.5. The number of allylic oxidation sites excluding steroid dienone is 4. The zero-order chi connectivity index (χ0) is 216. The predicted octanol–water partition coefficient (Wildman–Crippen LogP) is 34.6. The first-order chi connectivity index (χ1) is 118. The lowest BCUT2D eigenvalue weighted by Crippen LogP contribution is -2.44. The first-order valence-corrected chi connectivity index (χ1v) is 25.7. The van der Waals surface area contributed by atoms with Gasteiger partial charge in [-0.25, -0.2) is 38.4 Å². The van der Waals surface area contributed by atoms with Gasteiger partial charge in [0, 0.05) is 334 Å². The van der Waals surface area contributed by atoms with Gasteiger partial charge in [0.05, 0.1) is 41.7 Å². The van der Waals surface area contributed by atoms with Crippen LogP contribution in [-0.2, 0) is 28.5 Å². The fraction of sp³-hybridized carbons (Fsp3) is 0.383. The van der Waals surface area contributed by atoms with E-state index in [2.05, 4.69) is 45.6 Å². The Kier molecular flexibility index (Phi) is 2.79. The fourth-order valence-electron chi connectivity index (χ4n) is 12.5. The molecule has 72 heavy (non-hydrogen) atoms. The minimum atomic E-state index is -0.541. The van der Waals surface area contributed by atoms with Gasteiger partial charge in [-0.15, -0.1) is 0 Å². The molecule has 0 unspecified atom stereocenters. The van der Waals surface area contributed by atoms with Gasteiger partial charge in [-0.05, 0) is 137 Å². The van der Waals surface area contributed by atoms with Crippen LogP contribution in [0.25, 0.3) is 55.0 Å². The number of hydrogen-bond acceptors (Lipinski definition) is 8. The van der Waals surface area contributed by atoms with Gasteiger partial charge in [0.25, 0.3) is 0 Å². The van der Waals surface area contributed by atoms with Gasteiger partial charge in [0.15, 0.2) is 17.4 Å². The van der Waals surface area contributed by atoms with E-state index >= 15 is 8.78 Å². The summed E-state index contributed by atoms with van der Waals surface area (Å²) in [7, 11) is 0. The minimum Gasteiger partial charge on any atom is -0.524 e. The summed E-state index contributed by atoms with van der Waals surface area (Å²) in [6.45, 7) is 19.6. The van der Waals surface area contributed by atoms with E-state index in [0.717, 1.165) is 116 Å². The minimum absolute atomic E-state index is 0. The Morgan fingerprint density at radius 3 is 1.76 bits per heavy atom. The molecule has 6 aromatic rings. The van der Waals surface area contributed by atoms with Crippen molar-refractivity contribution in [2.24, 2.45) is 11.8 Å². The summed E-state index contributed by atoms with van der Waals surface area (Å²) in [4.78, 5) is 49.4. The Morgan fingerprint density at radius 1 is 0.694 bits per heavy atom. The summed E-state index contributed by atoms with van der Waals surface area (Å²) in [5.74, 6) is 1.87. The van der Waals surface area contributed by atoms with Crippen molar-refractivity contribution in [1.82, 2.24) is 29.9 Å². The summed E-state index contributed by atoms with van der Waals surface area (Å²) in [5, 5.41) is 10.6. The van der Waals surface area contributed by atoms with Crippen LogP contribution in [0.15, 0.2) is 108 Å². The van der Waals surface area contributed by atoms with Gasteiger partial charge in [0.2, 0.25) is 11.4 Å². The predicted molar refractivity (Wildman–Crippen MR) is 449 cm³/mol. The highest BCUT2D eigenvalue weighted by Gasteiger charge is 2.51. The van der Waals surface area contributed by atoms with E-state index in [4.69, 9.17) is 280 Å². The molecule has 2 saturated carbocycles. The molecule has 2 aromatic carbocycles. The van der Waals surface area contributed by atoms with Crippen molar-refractivity contribution in [3.05, 3.63) is 177 Å². The smallest absolute Gasteiger partial charge is 0.226 e. The van der Waals surface area contributed by atoms with Crippen LogP contribution < -0.4 is 0 Å². The van der Waals surface area contributed by atoms with Crippen LogP contribution in [0.5, 0.6) is 0 Å². The van der Waals surface area contributed by atoms with Crippen molar-refractivity contribution < 1.29 is 267 Å². The standard InChI is InChI=1S/C30H29FN4O.C30H27FN4O.84H2/c2*1-3-13-30-17-25(32-2)26(36)16-20(30)10-11-22-27(21-6-4-5-7-23(21)31)34-29(35-28(22)30)19-12-14-33-24(15-19)18-8-9-18;;;;;;;;;;;;;;;;;;;;;;;;;;;;;;;;;;;;;;;;;;;;;;;;;;;;;;;;;;;;;;;;;;;;;;;;;;;;;;;;;;;;/h4-7,12,14-15,18,20,36H,3,8-11,13,16-17H2,1H3;4-7,12,14-15,17-18,20H,3,8-11,13,16H2,1H3;84*1H/t2*20-,30-;;;;;;;;;;;;;;;;;;;;;;;;;;;;;;;;;;;;;;;;;;;;;;;;;;;;;;;;;;;;;;;;;;;;;;;;;;;;;;;;;;;;/m11..................................................................................../s1/i;;83*1+2T;1+2. The molecule has 4 atom stereocenters. The van der Waals surface area contributed by atoms with Crippen LogP contribution in [0.4, 0.5) is 8.78 Å². The highest BCUT2D eigenvalue weighted by Crippen LogP contribution is 2.56. The van der Waals surface area contributed by atoms with Gasteiger partial charge in [-0.1, -0.05) is 57.0 Å². The molecule has 0 bridgehead atoms. The number of nitrogens with zero attached hydrogens (tertiary/aromatic N) is 8. The molecule has 0 aliphatic heterocycles. The summed E-state index contributed by atoms with van der Waals surface area (Å²) in [5.41, 5.74) is 9.46. The SMILES string of the molecule is [3HH].[3H][3H].[3H][3H].[3H][3H].[3H][3H].[3H][3H].[3H][3H].[3H][3H].[3H][3H].[3H][3H].[3H][3H].[3H][3H].[3H][3H].[3H][3H].[3H][3H].[3H][3H].[3H][3H].[3H][3H].[3H][3H].[3H][3H].[3H][3H].[3H][3H].[3H][3H].[3H][3H].[3H][3H].[3H][3H].[3H][3H].[3H][3H].[3H][3H].[3H][3H].[3H][3H].[3H][3H].[3H][3H].[3H][3H].[3H][3H].[3H][3H].[3H][3H].[3H][3H].[3H][3H].[3H][3H].[3H][3H].[3H][3H].[3H][3H].[3H][3H].[3H][3H].[3H][3H].[3H][3H].[3H][3H].[3H][3H].[3H][3H].[3H][3H].[3H][3H].[3H][3H].[3H][3H].[3H][3H].[3H][3H].[3H][3H].[3H][3H].[3H][3H].[3H][3H].[3H][3H].[3H][3H].[3H][3H].[3H][3H].[3H][3H].[3H][3H].[3H][3H].[3H][3H].[3H][3H].[3H][3H].[3H][3H].[3H][3H].[3H][3H].[3H][3H].[3H][3H].[3H][3H].[3H][3H].[3H][3H].[3H][3H].[3H][3H].[3H][3H].[3H][3H].[3H][3H].[3H][3H].[C-]#[N+]C1=C(O)C[C@H]2CCc3c(-c4ccccc4F)nc(-c4ccnc(C5CC5)c4)nc3[C@]2(CCC)C1.[C-]#[N+]C1=C[C@@]2(CCC)c3nc(-c4ccnc(C5CC5)c4)nc(-c4ccccc4F)c3CC[C@@H]2CC1=O. The molecular formula is C60H224F2N8O2. The maximum atomic E-state index is 15.2. The monoisotopic (exact) mass is 1460 g/mol. The van der Waals surface area contributed by atoms with E-state index in [1.807, 2.05) is 36.5 Å². The molecule has 4 aromatic heterocycles. The normalized spacial score (nSPS) is 32.2. The first-order valence-electron chi connectivity index (χ1n) is 109. The highest BCUT2D eigenvalue weighted by atomic mass is 19.1. The van der Waals surface area contributed by atoms with E-state index in [0.29, 0.717) is 77.4 Å². The quantitative estimate of drug-likeness (QED) is 0.135. The van der Waals surface area contributed by atoms with E-state index in [1.165, 1.54) is 12.1 Å². The molecule has 0 amide bonds. The zero-order valence-electron chi connectivity index (χ0n) is 207. The summed E-state index contributed by atoms with van der Waals surface area (Å²) in [6.07, 6.45) is 17.8. The molecule has 12 heteroatoms. The number of pyridine rings is 2. The van der Waals surface area contributed by atoms with E-state index in [-0.39, 0.29) is 47.6 Å². The fourth-order valence-corrected chi connectivity index (χ4v) is 12.5. The molecule has 2 fully saturated rings. The van der Waals surface area contributed by atoms with Crippen LogP contribution in [0, 0.1) is 36.6 Å². The van der Waals surface area contributed by atoms with Crippen LogP contribution in [0.1, 0.15) is 391 Å². The van der Waals surface area contributed by atoms with Crippen molar-refractivity contribution in [2.45, 2.75) is 133 Å². The van der Waals surface area contributed by atoms with E-state index < -0.39 is 5.41 Å². The summed E-state index contributed by atoms with van der Waals surface area (Å²) >= 11 is 0. The maximum absolute atomic E-state index is 15.2. The molecular weight excluding hydrogens is 903 g/mol. The van der Waals surface area contributed by atoms with Crippen molar-refractivity contribution >= 4 is 5.78 Å². The largest absolute Gasteiger partial charge is 0.524 e. The average molecular weight is 1460 g/mol. The third kappa shape index (κ3) is 8.38. The number of aromatic nitrogens is 6. The number of carbonyl (C=O) groups is 1. The number of aliphatic hydroxyl groups excluding tert-OH is 1. The van der Waals surface area contributed by atoms with Gasteiger partial charge >= 0.3 is 0 Å². The lowest BCUT2D eigenvalue weighted by atomic mass is 9.57. The Morgan fingerprint density at radius 2 is 1.24 bits per heavy atom. The second-order valence-corrected chi connectivity index (χ2v) is 20.7. The Labute approximate surface area is 677 Å². The molecule has 10 nitrogen and oxygen atoms in total. The number of ketones is 1. The van der Waals surface area contributed by atoms with E-state index in [9.17, 15) is 9.90 Å². The number of carbonyl (C=O) groups excluding carboxylic acids is 1. The van der Waals surface area contributed by atoms with E-state index in [1.54, 1.807) is 30.5 Å². The first kappa shape index (κ1) is 10.6. The molecule has 6 aliphatic rings. The van der Waals surface area contributed by atoms with Crippen molar-refractivity contribution in [3.63, 3.8) is 0 Å². The molecule has 12 rings (SSSR count). The van der Waals surface area contributed by atoms with Gasteiger partial charge in [-0.2, -0.15) is 0 Å². The lowest BCUT2D eigenvalue weighted by molar-refractivity contribution is -0.117. The molecule has 1 N–H and O–H groups in total. The molecule has 0 saturated heterocycles. The van der Waals surface area contributed by atoms with Crippen LogP contribution in [0.3, 0.4) is 0 Å². The van der Waals surface area contributed by atoms with Gasteiger partial charge < -0.3 is 9.90 Å². The number of hydrogen-bond donors (Lipinski definition) is 1. The second-order valence-electron chi connectivity index (χ2n) is 20.7. The zero-order valence-corrected chi connectivity index (χ0v) is 40.8. The van der Waals surface area contributed by atoms with Crippen molar-refractivity contribution in [2.75, 3.05) is 0 Å². The summed E-state index contributed by atoms with van der Waals surface area (Å²) < 4.78 is 860. The molecule has 0 spiro atoms. The Hall–Kier alpha value is -7.31. The second kappa shape index (κ2) is 19.0. The number of fused-ring (bicyclic) bond motifs is 6. The maximum Gasteiger partial charge on any atom is 0.226 e. The number of aliphatic hydroxyl groups is 1. The van der Waals surface area contributed by atoms with Gasteiger partial charge in [-0.3, -0.25) is 9.97 Å². The lowest BCUT2D eigenvalue weighted by Gasteiger charge is -2.47. The average Bonchev–Trinajstić information content (AvgIpc) is 1.69. The Bertz CT molecular complexity index is 3520. The topological polar surface area (TPSA) is 123 Å². The molecule has 6 aliphatic carbocycles. The highest BCUT2D eigenvalue weighted by molar-refractivity contribution is 5.98. The van der Waals surface area contributed by atoms with Crippen LogP contribution >= 0.6 is 0 Å². The third-order valence-corrected chi connectivity index (χ3v) is 16.2. The third-order valence-electron chi connectivity index (χ3n) is 16.2.